The first-order chi connectivity index (χ1) is 8.82. The summed E-state index contributed by atoms with van der Waals surface area (Å²) in [6.45, 7) is 2.30. The van der Waals surface area contributed by atoms with Gasteiger partial charge in [0.2, 0.25) is 0 Å². The monoisotopic (exact) mass is 305 g/mol. The fraction of sp³-hybridized carbons (Fsp3) is 0.333. The van der Waals surface area contributed by atoms with Gasteiger partial charge in [-0.3, -0.25) is 0 Å². The molecule has 19 heavy (non-hydrogen) atoms. The fourth-order valence-electron chi connectivity index (χ4n) is 1.93. The molecule has 2 aromatic rings. The van der Waals surface area contributed by atoms with Crippen LogP contribution in [0.5, 0.6) is 0 Å². The Balaban J connectivity index is 2.67. The highest BCUT2D eigenvalue weighted by Gasteiger charge is 2.20. The second-order valence-electron chi connectivity index (χ2n) is 4.29. The van der Waals surface area contributed by atoms with Gasteiger partial charge in [0.1, 0.15) is 10.7 Å². The van der Waals surface area contributed by atoms with Gasteiger partial charge in [0, 0.05) is 41.4 Å². The first-order valence-electron chi connectivity index (χ1n) is 5.59. The quantitative estimate of drug-likeness (QED) is 0.816. The first kappa shape index (κ1) is 14.3. The van der Waals surface area contributed by atoms with Crippen LogP contribution >= 0.6 is 10.7 Å². The van der Waals surface area contributed by atoms with Crippen LogP contribution in [-0.2, 0) is 20.3 Å². The minimum atomic E-state index is -3.92. The van der Waals surface area contributed by atoms with Crippen molar-refractivity contribution >= 4 is 30.6 Å². The van der Waals surface area contributed by atoms with E-state index < -0.39 is 14.9 Å². The van der Waals surface area contributed by atoms with Crippen molar-refractivity contribution in [2.75, 3.05) is 7.11 Å². The van der Waals surface area contributed by atoms with Crippen LogP contribution < -0.4 is 0 Å². The number of benzene rings is 1. The van der Waals surface area contributed by atoms with Crippen LogP contribution in [0.4, 0.5) is 4.39 Å². The number of rotatable bonds is 4. The molecule has 0 spiro atoms. The summed E-state index contributed by atoms with van der Waals surface area (Å²) < 4.78 is 43.2. The Hall–Kier alpha value is -1.11. The second-order valence-corrected chi connectivity index (χ2v) is 6.83. The van der Waals surface area contributed by atoms with Gasteiger partial charge in [-0.25, -0.2) is 12.8 Å². The highest BCUT2D eigenvalue weighted by Crippen LogP contribution is 2.29. The zero-order valence-electron chi connectivity index (χ0n) is 10.4. The van der Waals surface area contributed by atoms with Crippen LogP contribution in [-0.4, -0.2) is 26.2 Å². The third-order valence-corrected chi connectivity index (χ3v) is 4.27. The third kappa shape index (κ3) is 2.91. The first-order valence-corrected chi connectivity index (χ1v) is 7.89. The molecule has 1 heterocycles. The predicted octanol–water partition coefficient (Wildman–Crippen LogP) is 2.74. The number of hydrogen-bond donors (Lipinski definition) is 0. The zero-order valence-corrected chi connectivity index (χ0v) is 12.0. The largest absolute Gasteiger partial charge is 0.380 e. The van der Waals surface area contributed by atoms with Crippen molar-refractivity contribution in [1.82, 2.24) is 4.57 Å². The van der Waals surface area contributed by atoms with E-state index >= 15 is 0 Å². The molecule has 0 fully saturated rings. The molecular weight excluding hydrogens is 293 g/mol. The average Bonchev–Trinajstić information content (AvgIpc) is 2.67. The number of nitrogens with zero attached hydrogens (tertiary/aromatic N) is 1. The summed E-state index contributed by atoms with van der Waals surface area (Å²) >= 11 is 0. The summed E-state index contributed by atoms with van der Waals surface area (Å²) in [6.07, 6.45) is 1.30. The Morgan fingerprint density at radius 2 is 2.16 bits per heavy atom. The Morgan fingerprint density at radius 3 is 2.74 bits per heavy atom. The van der Waals surface area contributed by atoms with Crippen molar-refractivity contribution < 1.29 is 17.5 Å². The number of halogens is 2. The molecule has 0 aliphatic carbocycles. The van der Waals surface area contributed by atoms with Crippen molar-refractivity contribution in [1.29, 1.82) is 0 Å². The highest BCUT2D eigenvalue weighted by molar-refractivity contribution is 8.14. The average molecular weight is 306 g/mol. The normalized spacial score (nSPS) is 13.9. The molecule has 0 aliphatic heterocycles. The molecule has 1 unspecified atom stereocenters. The Kier molecular flexibility index (Phi) is 3.85. The summed E-state index contributed by atoms with van der Waals surface area (Å²) in [4.78, 5) is -0.0908. The van der Waals surface area contributed by atoms with Crippen molar-refractivity contribution in [3.05, 3.63) is 30.2 Å². The minimum absolute atomic E-state index is 0.0908. The molecule has 1 atom stereocenters. The van der Waals surface area contributed by atoms with Crippen LogP contribution in [0.15, 0.2) is 29.3 Å². The van der Waals surface area contributed by atoms with E-state index in [2.05, 4.69) is 0 Å². The third-order valence-electron chi connectivity index (χ3n) is 2.93. The number of hydrogen-bond acceptors (Lipinski definition) is 3. The summed E-state index contributed by atoms with van der Waals surface area (Å²) in [5.74, 6) is -0.508. The molecule has 4 nitrogen and oxygen atoms in total. The van der Waals surface area contributed by atoms with Crippen molar-refractivity contribution in [2.45, 2.75) is 24.5 Å². The van der Waals surface area contributed by atoms with Gasteiger partial charge in [0.15, 0.2) is 0 Å². The molecule has 0 bridgehead atoms. The van der Waals surface area contributed by atoms with Gasteiger partial charge in [-0.05, 0) is 25.1 Å². The van der Waals surface area contributed by atoms with E-state index in [1.807, 2.05) is 6.92 Å². The lowest BCUT2D eigenvalue weighted by Gasteiger charge is -2.11. The highest BCUT2D eigenvalue weighted by atomic mass is 35.7. The summed E-state index contributed by atoms with van der Waals surface area (Å²) in [5, 5.41) is 0.276. The maximum absolute atomic E-state index is 13.3. The van der Waals surface area contributed by atoms with Gasteiger partial charge >= 0.3 is 0 Å². The lowest BCUT2D eigenvalue weighted by Crippen LogP contribution is -2.13. The molecule has 2 rings (SSSR count). The lowest BCUT2D eigenvalue weighted by molar-refractivity contribution is 0.104. The Bertz CT molecular complexity index is 711. The van der Waals surface area contributed by atoms with Crippen LogP contribution in [0.3, 0.4) is 0 Å². The number of ether oxygens (including phenoxy) is 1. The van der Waals surface area contributed by atoms with E-state index in [4.69, 9.17) is 15.4 Å². The maximum atomic E-state index is 13.3. The molecular formula is C12H13ClFNO3S. The van der Waals surface area contributed by atoms with Gasteiger partial charge in [0.25, 0.3) is 9.05 Å². The molecule has 7 heteroatoms. The minimum Gasteiger partial charge on any atom is -0.380 e. The van der Waals surface area contributed by atoms with E-state index in [1.54, 1.807) is 11.7 Å². The standard InChI is InChI=1S/C12H13ClFNO3S/c1-8(18-2)6-15-7-12(19(13,16)17)10-5-9(14)3-4-11(10)15/h3-5,7-8H,6H2,1-2H3. The van der Waals surface area contributed by atoms with Gasteiger partial charge < -0.3 is 9.30 Å². The number of aromatic nitrogens is 1. The van der Waals surface area contributed by atoms with E-state index in [-0.39, 0.29) is 16.4 Å². The Morgan fingerprint density at radius 1 is 1.47 bits per heavy atom. The lowest BCUT2D eigenvalue weighted by atomic mass is 10.2. The number of fused-ring (bicyclic) bond motifs is 1. The van der Waals surface area contributed by atoms with Crippen molar-refractivity contribution in [3.63, 3.8) is 0 Å². The molecule has 0 saturated carbocycles. The molecule has 0 saturated heterocycles. The molecule has 1 aromatic heterocycles. The molecule has 0 radical (unpaired) electrons. The SMILES string of the molecule is COC(C)Cn1cc(S(=O)(=O)Cl)c2cc(F)ccc21. The van der Waals surface area contributed by atoms with E-state index in [9.17, 15) is 12.8 Å². The van der Waals surface area contributed by atoms with Crippen molar-refractivity contribution in [2.24, 2.45) is 0 Å². The summed E-state index contributed by atoms with van der Waals surface area (Å²) in [6, 6.07) is 3.97. The van der Waals surface area contributed by atoms with E-state index in [0.29, 0.717) is 12.1 Å². The maximum Gasteiger partial charge on any atom is 0.263 e. The predicted molar refractivity (Wildman–Crippen MR) is 71.4 cm³/mol. The molecule has 104 valence electrons. The fourth-order valence-corrected chi connectivity index (χ4v) is 2.98. The summed E-state index contributed by atoms with van der Waals surface area (Å²) in [7, 11) is 3.02. The van der Waals surface area contributed by atoms with E-state index in [1.165, 1.54) is 24.4 Å². The van der Waals surface area contributed by atoms with Gasteiger partial charge in [0.05, 0.1) is 6.10 Å². The van der Waals surface area contributed by atoms with E-state index in [0.717, 1.165) is 0 Å². The van der Waals surface area contributed by atoms with Crippen LogP contribution in [0.25, 0.3) is 10.9 Å². The van der Waals surface area contributed by atoms with Crippen LogP contribution in [0.2, 0.25) is 0 Å². The topological polar surface area (TPSA) is 48.3 Å². The van der Waals surface area contributed by atoms with Crippen LogP contribution in [0, 0.1) is 5.82 Å². The number of methoxy groups -OCH3 is 1. The van der Waals surface area contributed by atoms with Crippen molar-refractivity contribution in [3.8, 4) is 0 Å². The molecule has 1 aromatic carbocycles. The smallest absolute Gasteiger partial charge is 0.263 e. The summed E-state index contributed by atoms with van der Waals surface area (Å²) in [5.41, 5.74) is 0.601. The molecule has 0 aliphatic rings. The zero-order chi connectivity index (χ0) is 14.2. The second kappa shape index (κ2) is 5.11. The van der Waals surface area contributed by atoms with Gasteiger partial charge in [-0.2, -0.15) is 0 Å². The Labute approximate surface area is 115 Å². The van der Waals surface area contributed by atoms with Gasteiger partial charge in [-0.15, -0.1) is 0 Å². The molecule has 0 amide bonds. The van der Waals surface area contributed by atoms with Crippen LogP contribution in [0.1, 0.15) is 6.92 Å². The van der Waals surface area contributed by atoms with Gasteiger partial charge in [-0.1, -0.05) is 0 Å². The molecule has 0 N–H and O–H groups in total.